The van der Waals surface area contributed by atoms with Gasteiger partial charge in [0.05, 0.1) is 18.8 Å². The Morgan fingerprint density at radius 2 is 1.97 bits per heavy atom. The molecule has 5 atom stereocenters. The monoisotopic (exact) mass is 569 g/mol. The first-order chi connectivity index (χ1) is 16.5. The standard InChI is InChI=1S/C28H32IN3O2/c1-18-23-14-27(34-16-20-6-2-4-8-24(20)29)28-22(21-7-3-5-9-25(21)31-28)12-13-32(17-30)15-19(23)10-11-26(18)33/h2-9,18-19,23,26-27,31,33H,10-16H2,1H3/t18-,19+,23-,26+,27+/m1/s1. The number of H-pyrrole nitrogens is 1. The van der Waals surface area contributed by atoms with Crippen LogP contribution in [0.5, 0.6) is 0 Å². The van der Waals surface area contributed by atoms with Crippen LogP contribution in [0.2, 0.25) is 0 Å². The van der Waals surface area contributed by atoms with Gasteiger partial charge in [-0.3, -0.25) is 0 Å². The second-order valence-corrected chi connectivity index (χ2v) is 11.1. The number of ether oxygens (including phenoxy) is 1. The molecule has 0 spiro atoms. The molecule has 5 nitrogen and oxygen atoms in total. The Bertz CT molecular complexity index is 1190. The van der Waals surface area contributed by atoms with Gasteiger partial charge in [-0.1, -0.05) is 43.3 Å². The molecule has 0 saturated heterocycles. The molecular weight excluding hydrogens is 537 g/mol. The average Bonchev–Trinajstić information content (AvgIpc) is 3.22. The zero-order valence-corrected chi connectivity index (χ0v) is 21.7. The van der Waals surface area contributed by atoms with E-state index in [0.717, 1.165) is 43.4 Å². The fourth-order valence-corrected chi connectivity index (χ4v) is 6.55. The van der Waals surface area contributed by atoms with Gasteiger partial charge in [0, 0.05) is 33.3 Å². The van der Waals surface area contributed by atoms with E-state index in [4.69, 9.17) is 4.74 Å². The normalized spacial score (nSPS) is 27.6. The Kier molecular flexibility index (Phi) is 7.14. The van der Waals surface area contributed by atoms with E-state index in [1.165, 1.54) is 20.1 Å². The summed E-state index contributed by atoms with van der Waals surface area (Å²) in [5.41, 5.74) is 4.71. The molecule has 0 bridgehead atoms. The third-order valence-electron chi connectivity index (χ3n) is 8.00. The highest BCUT2D eigenvalue weighted by atomic mass is 127. The van der Waals surface area contributed by atoms with E-state index < -0.39 is 0 Å². The first-order valence-corrected chi connectivity index (χ1v) is 13.4. The minimum absolute atomic E-state index is 0.0905. The fraction of sp³-hybridized carbons (Fsp3) is 0.464. The molecule has 2 aromatic carbocycles. The SMILES string of the molecule is C[C@@H]1[C@H]2C[C@H](OCc3ccccc3I)c3[nH]c4ccccc4c3CCN(C#N)C[C@@H]2CC[C@@H]1O. The smallest absolute Gasteiger partial charge is 0.179 e. The van der Waals surface area contributed by atoms with Crippen molar-refractivity contribution in [2.24, 2.45) is 17.8 Å². The highest BCUT2D eigenvalue weighted by molar-refractivity contribution is 14.1. The van der Waals surface area contributed by atoms with Crippen molar-refractivity contribution in [1.82, 2.24) is 9.88 Å². The average molecular weight is 569 g/mol. The van der Waals surface area contributed by atoms with E-state index in [0.29, 0.717) is 19.1 Å². The molecule has 2 N–H and O–H groups in total. The number of rotatable bonds is 3. The molecule has 178 valence electrons. The van der Waals surface area contributed by atoms with E-state index in [1.54, 1.807) is 0 Å². The summed E-state index contributed by atoms with van der Waals surface area (Å²) >= 11 is 2.38. The van der Waals surface area contributed by atoms with E-state index in [1.807, 2.05) is 4.90 Å². The largest absolute Gasteiger partial charge is 0.393 e. The molecule has 3 aromatic rings. The Morgan fingerprint density at radius 3 is 2.79 bits per heavy atom. The number of aliphatic hydroxyl groups excluding tert-OH is 1. The predicted molar refractivity (Wildman–Crippen MR) is 142 cm³/mol. The lowest BCUT2D eigenvalue weighted by atomic mass is 9.68. The molecule has 1 aliphatic heterocycles. The molecule has 0 unspecified atom stereocenters. The molecule has 0 radical (unpaired) electrons. The number of aromatic amines is 1. The van der Waals surface area contributed by atoms with Crippen LogP contribution in [0, 0.1) is 32.8 Å². The number of nitrogens with zero attached hydrogens (tertiary/aromatic N) is 2. The van der Waals surface area contributed by atoms with Crippen molar-refractivity contribution >= 4 is 33.5 Å². The van der Waals surface area contributed by atoms with Crippen molar-refractivity contribution < 1.29 is 9.84 Å². The summed E-state index contributed by atoms with van der Waals surface area (Å²) in [5, 5.41) is 21.8. The minimum Gasteiger partial charge on any atom is -0.393 e. The van der Waals surface area contributed by atoms with Crippen LogP contribution >= 0.6 is 22.6 Å². The maximum Gasteiger partial charge on any atom is 0.179 e. The van der Waals surface area contributed by atoms with E-state index in [2.05, 4.69) is 89.2 Å². The van der Waals surface area contributed by atoms with Gasteiger partial charge in [0.1, 0.15) is 0 Å². The van der Waals surface area contributed by atoms with Gasteiger partial charge in [-0.25, -0.2) is 0 Å². The molecule has 2 aliphatic rings. The molecule has 1 aromatic heterocycles. The Morgan fingerprint density at radius 1 is 1.18 bits per heavy atom. The fourth-order valence-electron chi connectivity index (χ4n) is 6.01. The number of aromatic nitrogens is 1. The van der Waals surface area contributed by atoms with Crippen LogP contribution in [0.3, 0.4) is 0 Å². The predicted octanol–water partition coefficient (Wildman–Crippen LogP) is 5.78. The number of fused-ring (bicyclic) bond motifs is 4. The van der Waals surface area contributed by atoms with Gasteiger partial charge >= 0.3 is 0 Å². The molecule has 1 aliphatic carbocycles. The van der Waals surface area contributed by atoms with Gasteiger partial charge in [-0.05, 0) is 89.3 Å². The third-order valence-corrected chi connectivity index (χ3v) is 9.05. The van der Waals surface area contributed by atoms with E-state index >= 15 is 0 Å². The molecule has 34 heavy (non-hydrogen) atoms. The molecular formula is C28H32IN3O2. The lowest BCUT2D eigenvalue weighted by Gasteiger charge is -2.42. The first-order valence-electron chi connectivity index (χ1n) is 12.3. The van der Waals surface area contributed by atoms with Gasteiger partial charge in [0.2, 0.25) is 0 Å². The Hall–Kier alpha value is -2.08. The second-order valence-electron chi connectivity index (χ2n) is 9.91. The van der Waals surface area contributed by atoms with Crippen LogP contribution in [0.1, 0.15) is 49.1 Å². The van der Waals surface area contributed by atoms with Crippen molar-refractivity contribution in [3.05, 3.63) is 68.9 Å². The van der Waals surface area contributed by atoms with Crippen LogP contribution in [-0.4, -0.2) is 34.2 Å². The lowest BCUT2D eigenvalue weighted by Crippen LogP contribution is -2.42. The Labute approximate surface area is 215 Å². The number of nitrogens with one attached hydrogen (secondary N) is 1. The summed E-state index contributed by atoms with van der Waals surface area (Å²) in [6, 6.07) is 16.8. The maximum atomic E-state index is 10.7. The molecule has 6 heteroatoms. The van der Waals surface area contributed by atoms with Crippen LogP contribution < -0.4 is 0 Å². The summed E-state index contributed by atoms with van der Waals surface area (Å²) in [6.07, 6.45) is 5.48. The van der Waals surface area contributed by atoms with Gasteiger partial charge in [0.25, 0.3) is 0 Å². The van der Waals surface area contributed by atoms with Gasteiger partial charge in [-0.2, -0.15) is 5.26 Å². The number of hydrogen-bond acceptors (Lipinski definition) is 4. The summed E-state index contributed by atoms with van der Waals surface area (Å²) in [5.74, 6) is 0.846. The van der Waals surface area contributed by atoms with Crippen molar-refractivity contribution in [1.29, 1.82) is 5.26 Å². The lowest BCUT2D eigenvalue weighted by molar-refractivity contribution is -0.0412. The van der Waals surface area contributed by atoms with Crippen LogP contribution in [0.25, 0.3) is 10.9 Å². The number of aliphatic hydroxyl groups is 1. The van der Waals surface area contributed by atoms with Gasteiger partial charge in [0.15, 0.2) is 6.19 Å². The van der Waals surface area contributed by atoms with Crippen LogP contribution in [0.4, 0.5) is 0 Å². The molecule has 0 amide bonds. The molecule has 2 heterocycles. The minimum atomic E-state index is -0.294. The van der Waals surface area contributed by atoms with Crippen LogP contribution in [0.15, 0.2) is 48.5 Å². The number of nitriles is 1. The van der Waals surface area contributed by atoms with Crippen molar-refractivity contribution in [3.63, 3.8) is 0 Å². The zero-order valence-electron chi connectivity index (χ0n) is 19.6. The third kappa shape index (κ3) is 4.71. The summed E-state index contributed by atoms with van der Waals surface area (Å²) in [7, 11) is 0. The maximum absolute atomic E-state index is 10.7. The van der Waals surface area contributed by atoms with E-state index in [9.17, 15) is 10.4 Å². The molecule has 1 saturated carbocycles. The summed E-state index contributed by atoms with van der Waals surface area (Å²) in [6.45, 7) is 4.19. The molecule has 5 rings (SSSR count). The quantitative estimate of drug-likeness (QED) is 0.310. The Balaban J connectivity index is 1.56. The van der Waals surface area contributed by atoms with Gasteiger partial charge in [-0.15, -0.1) is 0 Å². The van der Waals surface area contributed by atoms with Crippen molar-refractivity contribution in [3.8, 4) is 6.19 Å². The summed E-state index contributed by atoms with van der Waals surface area (Å²) in [4.78, 5) is 5.63. The van der Waals surface area contributed by atoms with E-state index in [-0.39, 0.29) is 24.0 Å². The molecule has 1 fully saturated rings. The number of halogens is 1. The van der Waals surface area contributed by atoms with Crippen molar-refractivity contribution in [2.75, 3.05) is 13.1 Å². The van der Waals surface area contributed by atoms with Gasteiger partial charge < -0.3 is 19.7 Å². The van der Waals surface area contributed by atoms with Crippen LogP contribution in [-0.2, 0) is 17.8 Å². The highest BCUT2D eigenvalue weighted by Crippen LogP contribution is 2.44. The highest BCUT2D eigenvalue weighted by Gasteiger charge is 2.39. The van der Waals surface area contributed by atoms with Crippen molar-refractivity contribution in [2.45, 2.75) is 51.4 Å². The summed E-state index contributed by atoms with van der Waals surface area (Å²) < 4.78 is 7.94. The number of hydrogen-bond donors (Lipinski definition) is 2. The number of benzene rings is 2. The first kappa shape index (κ1) is 23.7. The second kappa shape index (κ2) is 10.3. The number of para-hydroxylation sites is 1. The topological polar surface area (TPSA) is 72.3 Å². The zero-order chi connectivity index (χ0) is 23.7.